The first-order valence-corrected chi connectivity index (χ1v) is 10.8. The third-order valence-corrected chi connectivity index (χ3v) is 6.46. The highest BCUT2D eigenvalue weighted by Gasteiger charge is 2.44. The zero-order valence-corrected chi connectivity index (χ0v) is 18.0. The average molecular weight is 451 g/mol. The maximum Gasteiger partial charge on any atom is 0.416 e. The lowest BCUT2D eigenvalue weighted by Gasteiger charge is -2.47. The van der Waals surface area contributed by atoms with Gasteiger partial charge in [-0.1, -0.05) is 6.42 Å². The molecule has 1 saturated carbocycles. The fourth-order valence-corrected chi connectivity index (χ4v) is 4.88. The van der Waals surface area contributed by atoms with E-state index in [1.165, 1.54) is 13.0 Å². The van der Waals surface area contributed by atoms with Gasteiger partial charge in [-0.3, -0.25) is 9.69 Å². The molecule has 4 N–H and O–H groups in total. The van der Waals surface area contributed by atoms with Crippen LogP contribution in [0.1, 0.15) is 44.6 Å². The summed E-state index contributed by atoms with van der Waals surface area (Å²) >= 11 is 0. The van der Waals surface area contributed by atoms with Crippen molar-refractivity contribution < 1.29 is 18.0 Å². The van der Waals surface area contributed by atoms with Crippen LogP contribution in [0, 0.1) is 0 Å². The number of anilines is 2. The number of aliphatic imine (C=N–C) groups is 2. The van der Waals surface area contributed by atoms with Crippen molar-refractivity contribution in [2.45, 2.75) is 50.9 Å². The predicted octanol–water partition coefficient (Wildman–Crippen LogP) is 2.48. The van der Waals surface area contributed by atoms with E-state index in [9.17, 15) is 18.0 Å². The van der Waals surface area contributed by atoms with Gasteiger partial charge in [0.25, 0.3) is 0 Å². The van der Waals surface area contributed by atoms with E-state index in [1.54, 1.807) is 9.80 Å². The summed E-state index contributed by atoms with van der Waals surface area (Å²) in [7, 11) is 0. The molecule has 2 fully saturated rings. The van der Waals surface area contributed by atoms with Crippen LogP contribution in [0.15, 0.2) is 28.2 Å². The summed E-state index contributed by atoms with van der Waals surface area (Å²) in [6, 6.07) is 3.69. The number of rotatable bonds is 2. The van der Waals surface area contributed by atoms with Gasteiger partial charge in [-0.2, -0.15) is 18.2 Å². The van der Waals surface area contributed by atoms with Crippen LogP contribution in [0.3, 0.4) is 0 Å². The Morgan fingerprint density at radius 3 is 2.28 bits per heavy atom. The van der Waals surface area contributed by atoms with E-state index in [2.05, 4.69) is 9.98 Å². The van der Waals surface area contributed by atoms with Gasteiger partial charge in [0.2, 0.25) is 17.8 Å². The van der Waals surface area contributed by atoms with Crippen molar-refractivity contribution in [3.05, 3.63) is 23.8 Å². The van der Waals surface area contributed by atoms with Crippen LogP contribution < -0.4 is 21.3 Å². The largest absolute Gasteiger partial charge is 0.416 e. The van der Waals surface area contributed by atoms with Gasteiger partial charge in [-0.15, -0.1) is 0 Å². The first-order chi connectivity index (χ1) is 15.1. The number of nitrogens with two attached hydrogens (primary N) is 2. The molecule has 8 nitrogen and oxygen atoms in total. The molecule has 0 atom stereocenters. The quantitative estimate of drug-likeness (QED) is 0.719. The highest BCUT2D eigenvalue weighted by Crippen LogP contribution is 2.45. The van der Waals surface area contributed by atoms with Crippen LogP contribution in [0.25, 0.3) is 0 Å². The van der Waals surface area contributed by atoms with E-state index in [-0.39, 0.29) is 17.8 Å². The van der Waals surface area contributed by atoms with Crippen LogP contribution in [0.4, 0.5) is 24.5 Å². The minimum absolute atomic E-state index is 0.0179. The standard InChI is InChI=1S/C21H28F3N7O/c1-14(32)29-9-11-30(12-10-29)16-6-5-15(21(22,23)24)13-17(16)31-19(26)27-18(25)28-20(31)7-3-2-4-8-20/h5-6,13H,2-4,7-12H2,1H3,(H4,25,26,27,28). The highest BCUT2D eigenvalue weighted by molar-refractivity contribution is 6.07. The van der Waals surface area contributed by atoms with Crippen molar-refractivity contribution in [2.24, 2.45) is 21.5 Å². The van der Waals surface area contributed by atoms with Gasteiger partial charge in [-0.25, -0.2) is 4.99 Å². The smallest absolute Gasteiger partial charge is 0.369 e. The van der Waals surface area contributed by atoms with Crippen molar-refractivity contribution in [1.82, 2.24) is 4.90 Å². The molecule has 174 valence electrons. The Kier molecular flexibility index (Phi) is 5.68. The van der Waals surface area contributed by atoms with Crippen LogP contribution >= 0.6 is 0 Å². The maximum absolute atomic E-state index is 13.7. The second kappa shape index (κ2) is 8.18. The van der Waals surface area contributed by atoms with E-state index >= 15 is 0 Å². The third kappa shape index (κ3) is 4.07. The lowest BCUT2D eigenvalue weighted by atomic mass is 9.87. The number of carbonyl (C=O) groups excluding carboxylic acids is 1. The van der Waals surface area contributed by atoms with Gasteiger partial charge >= 0.3 is 6.18 Å². The molecule has 0 aromatic heterocycles. The molecule has 32 heavy (non-hydrogen) atoms. The van der Waals surface area contributed by atoms with Gasteiger partial charge in [-0.05, 0) is 43.9 Å². The van der Waals surface area contributed by atoms with E-state index in [1.807, 2.05) is 4.90 Å². The molecular weight excluding hydrogens is 423 g/mol. The van der Waals surface area contributed by atoms with E-state index < -0.39 is 17.4 Å². The highest BCUT2D eigenvalue weighted by atomic mass is 19.4. The summed E-state index contributed by atoms with van der Waals surface area (Å²) in [6.07, 6.45) is -0.511. The number of nitrogens with zero attached hydrogens (tertiary/aromatic N) is 5. The number of benzene rings is 1. The van der Waals surface area contributed by atoms with Gasteiger partial charge in [0.15, 0.2) is 0 Å². The number of guanidine groups is 2. The van der Waals surface area contributed by atoms with Crippen molar-refractivity contribution in [3.8, 4) is 0 Å². The van der Waals surface area contributed by atoms with E-state index in [0.29, 0.717) is 50.4 Å². The molecule has 1 saturated heterocycles. The number of hydrogen-bond acceptors (Lipinski definition) is 7. The van der Waals surface area contributed by atoms with Crippen molar-refractivity contribution >= 4 is 29.2 Å². The van der Waals surface area contributed by atoms with Gasteiger partial charge < -0.3 is 21.3 Å². The number of amides is 1. The average Bonchev–Trinajstić information content (AvgIpc) is 2.73. The summed E-state index contributed by atoms with van der Waals surface area (Å²) in [5.41, 5.74) is 11.5. The molecule has 2 heterocycles. The molecule has 1 amide bonds. The molecule has 1 aromatic carbocycles. The number of hydrogen-bond donors (Lipinski definition) is 2. The van der Waals surface area contributed by atoms with Crippen molar-refractivity contribution in [3.63, 3.8) is 0 Å². The lowest BCUT2D eigenvalue weighted by Crippen LogP contribution is -2.59. The number of carbonyl (C=O) groups is 1. The Bertz CT molecular complexity index is 945. The fraction of sp³-hybridized carbons (Fsp3) is 0.571. The Labute approximate surface area is 184 Å². The molecular formula is C21H28F3N7O. The fourth-order valence-electron chi connectivity index (χ4n) is 4.88. The number of alkyl halides is 3. The molecule has 1 spiro atoms. The zero-order valence-electron chi connectivity index (χ0n) is 18.0. The summed E-state index contributed by atoms with van der Waals surface area (Å²) < 4.78 is 41.0. The first-order valence-electron chi connectivity index (χ1n) is 10.8. The van der Waals surface area contributed by atoms with Crippen LogP contribution in [-0.2, 0) is 11.0 Å². The van der Waals surface area contributed by atoms with E-state index in [0.717, 1.165) is 31.4 Å². The molecule has 0 radical (unpaired) electrons. The van der Waals surface area contributed by atoms with Crippen LogP contribution in [0.2, 0.25) is 0 Å². The molecule has 0 unspecified atom stereocenters. The van der Waals surface area contributed by atoms with Crippen LogP contribution in [0.5, 0.6) is 0 Å². The zero-order chi connectivity index (χ0) is 23.1. The molecule has 11 heteroatoms. The van der Waals surface area contributed by atoms with E-state index in [4.69, 9.17) is 11.5 Å². The lowest BCUT2D eigenvalue weighted by molar-refractivity contribution is -0.137. The minimum Gasteiger partial charge on any atom is -0.369 e. The second-order valence-electron chi connectivity index (χ2n) is 8.51. The monoisotopic (exact) mass is 451 g/mol. The van der Waals surface area contributed by atoms with Crippen molar-refractivity contribution in [2.75, 3.05) is 36.0 Å². The predicted molar refractivity (Wildman–Crippen MR) is 117 cm³/mol. The molecule has 1 aliphatic carbocycles. The first kappa shape index (κ1) is 22.2. The van der Waals surface area contributed by atoms with Gasteiger partial charge in [0.1, 0.15) is 5.66 Å². The Morgan fingerprint density at radius 1 is 1.03 bits per heavy atom. The minimum atomic E-state index is -4.51. The summed E-state index contributed by atoms with van der Waals surface area (Å²) in [4.78, 5) is 25.8. The van der Waals surface area contributed by atoms with Gasteiger partial charge in [0, 0.05) is 33.1 Å². The second-order valence-corrected chi connectivity index (χ2v) is 8.51. The Morgan fingerprint density at radius 2 is 1.69 bits per heavy atom. The topological polar surface area (TPSA) is 104 Å². The SMILES string of the molecule is CC(=O)N1CCN(c2ccc(C(F)(F)F)cc2N2C(N)=NC(N)=NC23CCCCC3)CC1. The third-order valence-electron chi connectivity index (χ3n) is 6.46. The maximum atomic E-state index is 13.7. The molecule has 4 rings (SSSR count). The summed E-state index contributed by atoms with van der Waals surface area (Å²) in [5.74, 6) is 0.0715. The number of piperazine rings is 1. The Hall–Kier alpha value is -2.98. The van der Waals surface area contributed by atoms with Crippen LogP contribution in [-0.4, -0.2) is 54.6 Å². The molecule has 3 aliphatic rings. The van der Waals surface area contributed by atoms with Gasteiger partial charge in [0.05, 0.1) is 16.9 Å². The summed E-state index contributed by atoms with van der Waals surface area (Å²) in [6.45, 7) is 3.51. The molecule has 1 aromatic rings. The Balaban J connectivity index is 1.80. The molecule has 2 aliphatic heterocycles. The molecule has 0 bridgehead atoms. The number of halogens is 3. The normalized spacial score (nSPS) is 21.4. The van der Waals surface area contributed by atoms with Crippen molar-refractivity contribution in [1.29, 1.82) is 0 Å². The summed E-state index contributed by atoms with van der Waals surface area (Å²) in [5, 5.41) is 0.